The Hall–Kier alpha value is -2.01. The van der Waals surface area contributed by atoms with Gasteiger partial charge in [0.25, 0.3) is 0 Å². The van der Waals surface area contributed by atoms with E-state index in [1.165, 1.54) is 57.1 Å². The molecule has 2 aromatic rings. The fourth-order valence-electron chi connectivity index (χ4n) is 3.89. The number of aryl methyl sites for hydroxylation is 1. The van der Waals surface area contributed by atoms with E-state index in [9.17, 15) is 13.5 Å². The predicted molar refractivity (Wildman–Crippen MR) is 127 cm³/mol. The van der Waals surface area contributed by atoms with Crippen LogP contribution in [0.1, 0.15) is 89.2 Å². The van der Waals surface area contributed by atoms with E-state index in [2.05, 4.69) is 19.9 Å². The molecule has 0 aliphatic heterocycles. The molecule has 0 atom stereocenters. The van der Waals surface area contributed by atoms with Gasteiger partial charge < -0.3 is 9.29 Å². The number of aromatic hydroxyl groups is 1. The van der Waals surface area contributed by atoms with Crippen LogP contribution in [-0.4, -0.2) is 13.5 Å². The lowest BCUT2D eigenvalue weighted by Crippen LogP contribution is -2.14. The van der Waals surface area contributed by atoms with Gasteiger partial charge in [-0.3, -0.25) is 0 Å². The van der Waals surface area contributed by atoms with Crippen LogP contribution in [0.25, 0.3) is 0 Å². The van der Waals surface area contributed by atoms with Crippen molar-refractivity contribution in [2.45, 2.75) is 95.8 Å². The molecule has 0 spiro atoms. The van der Waals surface area contributed by atoms with Gasteiger partial charge in [0, 0.05) is 6.07 Å². The molecule has 5 heteroatoms. The molecule has 2 rings (SSSR count). The van der Waals surface area contributed by atoms with E-state index >= 15 is 0 Å². The van der Waals surface area contributed by atoms with E-state index in [4.69, 9.17) is 4.18 Å². The van der Waals surface area contributed by atoms with Crippen molar-refractivity contribution >= 4 is 10.1 Å². The summed E-state index contributed by atoms with van der Waals surface area (Å²) in [6.45, 7) is 4.40. The molecular formula is C26H38O4S. The maximum absolute atomic E-state index is 13.1. The molecule has 2 aromatic carbocycles. The Labute approximate surface area is 188 Å². The second-order valence-electron chi connectivity index (χ2n) is 8.26. The van der Waals surface area contributed by atoms with E-state index in [1.54, 1.807) is 18.2 Å². The first-order valence-electron chi connectivity index (χ1n) is 11.8. The normalized spacial score (nSPS) is 11.5. The van der Waals surface area contributed by atoms with Gasteiger partial charge in [-0.2, -0.15) is 8.42 Å². The fraction of sp³-hybridized carbons (Fsp3) is 0.538. The second kappa shape index (κ2) is 13.4. The average molecular weight is 447 g/mol. The van der Waals surface area contributed by atoms with Gasteiger partial charge in [0.15, 0.2) is 0 Å². The molecule has 0 fully saturated rings. The van der Waals surface area contributed by atoms with Crippen molar-refractivity contribution in [1.82, 2.24) is 0 Å². The van der Waals surface area contributed by atoms with Crippen molar-refractivity contribution in [3.05, 3.63) is 53.6 Å². The van der Waals surface area contributed by atoms with Gasteiger partial charge in [0.2, 0.25) is 0 Å². The van der Waals surface area contributed by atoms with Crippen LogP contribution in [0.4, 0.5) is 0 Å². The van der Waals surface area contributed by atoms with Gasteiger partial charge in [-0.25, -0.2) is 0 Å². The van der Waals surface area contributed by atoms with Gasteiger partial charge in [-0.15, -0.1) is 0 Å². The van der Waals surface area contributed by atoms with Crippen LogP contribution in [0.5, 0.6) is 11.5 Å². The number of hydrogen-bond acceptors (Lipinski definition) is 4. The van der Waals surface area contributed by atoms with E-state index < -0.39 is 10.1 Å². The van der Waals surface area contributed by atoms with Gasteiger partial charge in [-0.1, -0.05) is 83.4 Å². The third-order valence-corrected chi connectivity index (χ3v) is 6.94. The summed E-state index contributed by atoms with van der Waals surface area (Å²) in [6, 6.07) is 11.5. The van der Waals surface area contributed by atoms with Crippen LogP contribution < -0.4 is 4.18 Å². The van der Waals surface area contributed by atoms with Crippen molar-refractivity contribution in [2.75, 3.05) is 0 Å². The monoisotopic (exact) mass is 446 g/mol. The lowest BCUT2D eigenvalue weighted by Gasteiger charge is -2.16. The predicted octanol–water partition coefficient (Wildman–Crippen LogP) is 7.19. The second-order valence-corrected chi connectivity index (χ2v) is 9.77. The number of phenols is 1. The highest BCUT2D eigenvalue weighted by atomic mass is 32.2. The lowest BCUT2D eigenvalue weighted by atomic mass is 9.96. The topological polar surface area (TPSA) is 63.6 Å². The van der Waals surface area contributed by atoms with E-state index in [-0.39, 0.29) is 16.4 Å². The molecular weight excluding hydrogens is 408 g/mol. The number of hydrogen-bond donors (Lipinski definition) is 1. The molecule has 0 radical (unpaired) electrons. The molecule has 0 aliphatic rings. The minimum absolute atomic E-state index is 0.0234. The van der Waals surface area contributed by atoms with Crippen molar-refractivity contribution in [2.24, 2.45) is 0 Å². The van der Waals surface area contributed by atoms with Crippen LogP contribution in [-0.2, 0) is 23.0 Å². The molecule has 0 aromatic heterocycles. The molecule has 0 unspecified atom stereocenters. The van der Waals surface area contributed by atoms with Gasteiger partial charge in [-0.05, 0) is 55.0 Å². The van der Waals surface area contributed by atoms with Crippen LogP contribution >= 0.6 is 0 Å². The number of benzene rings is 2. The molecule has 0 saturated heterocycles. The number of unbranched alkanes of at least 4 members (excludes halogenated alkanes) is 8. The zero-order valence-corrected chi connectivity index (χ0v) is 19.9. The highest BCUT2D eigenvalue weighted by Crippen LogP contribution is 2.28. The Bertz CT molecular complexity index is 890. The number of phenolic OH excluding ortho intramolecular Hbond substituents is 1. The highest BCUT2D eigenvalue weighted by molar-refractivity contribution is 7.87. The van der Waals surface area contributed by atoms with E-state index in [0.29, 0.717) is 0 Å². The minimum Gasteiger partial charge on any atom is -0.508 e. The van der Waals surface area contributed by atoms with Gasteiger partial charge in [0.05, 0.1) is 0 Å². The maximum Gasteiger partial charge on any atom is 0.339 e. The van der Waals surface area contributed by atoms with Crippen LogP contribution in [0.3, 0.4) is 0 Å². The summed E-state index contributed by atoms with van der Waals surface area (Å²) in [5.74, 6) is 0.101. The molecule has 4 nitrogen and oxygen atoms in total. The Morgan fingerprint density at radius 1 is 0.774 bits per heavy atom. The first kappa shape index (κ1) is 25.3. The Balaban J connectivity index is 2.22. The zero-order chi connectivity index (χ0) is 22.5. The standard InChI is InChI=1S/C26H38O4S/c1-3-5-7-9-11-15-22-16-13-20-26(25(22)19-12-10-8-6-4-2)31(28,29)30-24-18-14-17-23(27)21-24/h13-14,16-18,20-21,27H,3-12,15,19H2,1-2H3. The first-order chi connectivity index (χ1) is 15.0. The Morgan fingerprint density at radius 3 is 2.03 bits per heavy atom. The Morgan fingerprint density at radius 2 is 1.39 bits per heavy atom. The zero-order valence-electron chi connectivity index (χ0n) is 19.1. The summed E-state index contributed by atoms with van der Waals surface area (Å²) in [5, 5.41) is 9.65. The molecule has 0 amide bonds. The van der Waals surface area contributed by atoms with E-state index in [0.717, 1.165) is 43.2 Å². The summed E-state index contributed by atoms with van der Waals surface area (Å²) in [4.78, 5) is 0.261. The summed E-state index contributed by atoms with van der Waals surface area (Å²) < 4.78 is 31.6. The maximum atomic E-state index is 13.1. The smallest absolute Gasteiger partial charge is 0.339 e. The minimum atomic E-state index is -3.98. The molecule has 0 bridgehead atoms. The van der Waals surface area contributed by atoms with Gasteiger partial charge in [0.1, 0.15) is 16.4 Å². The third-order valence-electron chi connectivity index (χ3n) is 5.60. The van der Waals surface area contributed by atoms with Crippen molar-refractivity contribution in [3.8, 4) is 11.5 Å². The Kier molecular flexibility index (Phi) is 10.9. The molecule has 0 aliphatic carbocycles. The largest absolute Gasteiger partial charge is 0.508 e. The SMILES string of the molecule is CCCCCCCc1cccc(S(=O)(=O)Oc2cccc(O)c2)c1CCCCCCC. The van der Waals surface area contributed by atoms with Crippen LogP contribution in [0.2, 0.25) is 0 Å². The number of rotatable bonds is 15. The molecule has 0 heterocycles. The lowest BCUT2D eigenvalue weighted by molar-refractivity contribution is 0.463. The fourth-order valence-corrected chi connectivity index (χ4v) is 5.12. The van der Waals surface area contributed by atoms with Crippen molar-refractivity contribution < 1.29 is 17.7 Å². The molecule has 1 N–H and O–H groups in total. The first-order valence-corrected chi connectivity index (χ1v) is 13.2. The highest BCUT2D eigenvalue weighted by Gasteiger charge is 2.23. The van der Waals surface area contributed by atoms with Crippen molar-refractivity contribution in [1.29, 1.82) is 0 Å². The molecule has 172 valence electrons. The van der Waals surface area contributed by atoms with Crippen molar-refractivity contribution in [3.63, 3.8) is 0 Å². The molecule has 0 saturated carbocycles. The van der Waals surface area contributed by atoms with Gasteiger partial charge >= 0.3 is 10.1 Å². The summed E-state index contributed by atoms with van der Waals surface area (Å²) >= 11 is 0. The van der Waals surface area contributed by atoms with Crippen LogP contribution in [0, 0.1) is 0 Å². The average Bonchev–Trinajstić information content (AvgIpc) is 2.73. The van der Waals surface area contributed by atoms with E-state index in [1.807, 2.05) is 6.07 Å². The summed E-state index contributed by atoms with van der Waals surface area (Å²) in [5.41, 5.74) is 2.02. The summed E-state index contributed by atoms with van der Waals surface area (Å²) in [7, 11) is -3.98. The third kappa shape index (κ3) is 8.56. The summed E-state index contributed by atoms with van der Waals surface area (Å²) in [6.07, 6.45) is 13.2. The quantitative estimate of drug-likeness (QED) is 0.232. The van der Waals surface area contributed by atoms with Crippen LogP contribution in [0.15, 0.2) is 47.4 Å². The molecule has 31 heavy (non-hydrogen) atoms.